The van der Waals surface area contributed by atoms with Crippen LogP contribution in [0.1, 0.15) is 63.4 Å². The fourth-order valence-corrected chi connectivity index (χ4v) is 5.62. The minimum Gasteiger partial charge on any atom is -0.490 e. The van der Waals surface area contributed by atoms with Crippen molar-refractivity contribution in [1.82, 2.24) is 9.80 Å². The lowest BCUT2D eigenvalue weighted by Crippen LogP contribution is -2.49. The Bertz CT molecular complexity index is 1350. The zero-order chi connectivity index (χ0) is 31.7. The third kappa shape index (κ3) is 8.26. The molecule has 2 aliphatic heterocycles. The number of ether oxygens (including phenoxy) is 4. The molecule has 4 rings (SSSR count). The quantitative estimate of drug-likeness (QED) is 0.365. The number of aliphatic hydroxyl groups excluding tert-OH is 1. The van der Waals surface area contributed by atoms with Gasteiger partial charge in [-0.15, -0.1) is 0 Å². The van der Waals surface area contributed by atoms with Crippen molar-refractivity contribution in [2.45, 2.75) is 76.8 Å². The van der Waals surface area contributed by atoms with E-state index in [2.05, 4.69) is 4.90 Å². The minimum atomic E-state index is -1.37. The molecule has 0 bridgehead atoms. The lowest BCUT2D eigenvalue weighted by molar-refractivity contribution is -0.170. The van der Waals surface area contributed by atoms with Gasteiger partial charge in [0.2, 0.25) is 0 Å². The Morgan fingerprint density at radius 3 is 2.37 bits per heavy atom. The largest absolute Gasteiger partial charge is 0.490 e. The zero-order valence-electron chi connectivity index (χ0n) is 26.0. The van der Waals surface area contributed by atoms with Gasteiger partial charge in [-0.2, -0.15) is 0 Å². The molecule has 236 valence electrons. The average Bonchev–Trinajstić information content (AvgIpc) is 3.25. The van der Waals surface area contributed by atoms with Crippen molar-refractivity contribution in [3.8, 4) is 17.2 Å². The number of carbonyl (C=O) groups excluding carboxylic acids is 2. The summed E-state index contributed by atoms with van der Waals surface area (Å²) in [6.45, 7) is 10.3. The number of likely N-dealkylation sites (tertiary alicyclic amines) is 1. The van der Waals surface area contributed by atoms with Crippen molar-refractivity contribution in [2.75, 3.05) is 40.3 Å². The maximum absolute atomic E-state index is 12.9. The van der Waals surface area contributed by atoms with Crippen LogP contribution >= 0.6 is 23.2 Å². The highest BCUT2D eigenvalue weighted by Gasteiger charge is 2.42. The van der Waals surface area contributed by atoms with Gasteiger partial charge in [0, 0.05) is 64.1 Å². The molecule has 2 heterocycles. The Hall–Kier alpha value is -2.72. The van der Waals surface area contributed by atoms with E-state index in [-0.39, 0.29) is 40.2 Å². The zero-order valence-corrected chi connectivity index (χ0v) is 27.5. The van der Waals surface area contributed by atoms with Crippen LogP contribution in [-0.4, -0.2) is 90.0 Å². The fraction of sp³-hybridized carbons (Fsp3) is 0.562. The van der Waals surface area contributed by atoms with Crippen LogP contribution in [0.15, 0.2) is 30.3 Å². The monoisotopic (exact) mass is 636 g/mol. The summed E-state index contributed by atoms with van der Waals surface area (Å²) < 4.78 is 23.8. The van der Waals surface area contributed by atoms with E-state index in [0.29, 0.717) is 11.6 Å². The van der Waals surface area contributed by atoms with Crippen molar-refractivity contribution in [1.29, 1.82) is 0 Å². The number of halogens is 2. The number of benzene rings is 2. The molecule has 0 radical (unpaired) electrons. The second-order valence-electron chi connectivity index (χ2n) is 13.1. The lowest BCUT2D eigenvalue weighted by Gasteiger charge is -2.39. The molecule has 2 aromatic rings. The Balaban J connectivity index is 1.40. The van der Waals surface area contributed by atoms with Crippen molar-refractivity contribution < 1.29 is 33.6 Å². The van der Waals surface area contributed by atoms with Crippen LogP contribution in [0, 0.1) is 0 Å². The smallest absolute Gasteiger partial charge is 0.350 e. The van der Waals surface area contributed by atoms with Gasteiger partial charge in [-0.1, -0.05) is 23.2 Å². The van der Waals surface area contributed by atoms with E-state index in [9.17, 15) is 14.7 Å². The first-order valence-corrected chi connectivity index (χ1v) is 15.2. The van der Waals surface area contributed by atoms with Gasteiger partial charge in [0.1, 0.15) is 41.2 Å². The predicted octanol–water partition coefficient (Wildman–Crippen LogP) is 5.40. The Kier molecular flexibility index (Phi) is 9.81. The molecule has 1 fully saturated rings. The summed E-state index contributed by atoms with van der Waals surface area (Å²) in [7, 11) is 3.24. The maximum atomic E-state index is 12.9. The number of hydrogen-bond acceptors (Lipinski definition) is 8. The number of aliphatic hydroxyl groups is 1. The van der Waals surface area contributed by atoms with Gasteiger partial charge in [-0.3, -0.25) is 4.79 Å². The first-order valence-electron chi connectivity index (χ1n) is 14.5. The highest BCUT2D eigenvalue weighted by Crippen LogP contribution is 2.42. The minimum absolute atomic E-state index is 0.0632. The molecular formula is C32H42Cl2N2O7. The van der Waals surface area contributed by atoms with E-state index in [1.807, 2.05) is 18.2 Å². The van der Waals surface area contributed by atoms with Crippen molar-refractivity contribution in [3.63, 3.8) is 0 Å². The SMILES string of the molecule is CN(C)C(=O)c1cc(Cl)c(OC(C)(C)C(=O)OC(C)(C)C)cc1OCC(O)CN1CCC2(CC1)Cc1cc(Cl)ccc1O2. The van der Waals surface area contributed by atoms with E-state index in [4.69, 9.17) is 42.1 Å². The second-order valence-corrected chi connectivity index (χ2v) is 13.9. The molecule has 2 aromatic carbocycles. The predicted molar refractivity (Wildman–Crippen MR) is 166 cm³/mol. The number of fused-ring (bicyclic) bond motifs is 1. The molecule has 43 heavy (non-hydrogen) atoms. The number of esters is 1. The van der Waals surface area contributed by atoms with Crippen LogP contribution in [0.25, 0.3) is 0 Å². The topological polar surface area (TPSA) is 97.8 Å². The molecule has 1 spiro atoms. The second kappa shape index (κ2) is 12.7. The van der Waals surface area contributed by atoms with Crippen LogP contribution in [0.2, 0.25) is 10.0 Å². The maximum Gasteiger partial charge on any atom is 0.350 e. The molecule has 1 atom stereocenters. The summed E-state index contributed by atoms with van der Waals surface area (Å²) >= 11 is 12.7. The summed E-state index contributed by atoms with van der Waals surface area (Å²) in [5.41, 5.74) is -0.963. The van der Waals surface area contributed by atoms with Crippen LogP contribution in [0.3, 0.4) is 0 Å². The van der Waals surface area contributed by atoms with E-state index >= 15 is 0 Å². The normalized spacial score (nSPS) is 17.2. The Morgan fingerprint density at radius 1 is 1.07 bits per heavy atom. The van der Waals surface area contributed by atoms with Crippen molar-refractivity contribution in [3.05, 3.63) is 51.5 Å². The van der Waals surface area contributed by atoms with Gasteiger partial charge < -0.3 is 33.9 Å². The average molecular weight is 638 g/mol. The molecule has 1 unspecified atom stereocenters. The van der Waals surface area contributed by atoms with E-state index in [1.54, 1.807) is 48.7 Å². The van der Waals surface area contributed by atoms with E-state index in [0.717, 1.165) is 43.7 Å². The first kappa shape index (κ1) is 33.2. The summed E-state index contributed by atoms with van der Waals surface area (Å²) in [4.78, 5) is 29.3. The molecule has 0 saturated carbocycles. The third-order valence-corrected chi connectivity index (χ3v) is 7.99. The van der Waals surface area contributed by atoms with Crippen molar-refractivity contribution >= 4 is 35.1 Å². The molecule has 1 saturated heterocycles. The summed E-state index contributed by atoms with van der Waals surface area (Å²) in [6, 6.07) is 8.67. The van der Waals surface area contributed by atoms with Crippen LogP contribution in [-0.2, 0) is 16.0 Å². The number of carbonyl (C=O) groups is 2. The van der Waals surface area contributed by atoms with Gasteiger partial charge in [-0.05, 0) is 64.4 Å². The van der Waals surface area contributed by atoms with Crippen LogP contribution < -0.4 is 14.2 Å². The molecule has 0 aliphatic carbocycles. The summed E-state index contributed by atoms with van der Waals surface area (Å²) in [5, 5.41) is 11.7. The van der Waals surface area contributed by atoms with Crippen molar-refractivity contribution in [2.24, 2.45) is 0 Å². The number of piperidine rings is 1. The number of rotatable bonds is 9. The van der Waals surface area contributed by atoms with Gasteiger partial charge in [0.25, 0.3) is 5.91 Å². The van der Waals surface area contributed by atoms with E-state index < -0.39 is 23.3 Å². The molecule has 11 heteroatoms. The lowest BCUT2D eigenvalue weighted by atomic mass is 9.87. The molecular weight excluding hydrogens is 595 g/mol. The highest BCUT2D eigenvalue weighted by molar-refractivity contribution is 6.32. The van der Waals surface area contributed by atoms with Crippen LogP contribution in [0.5, 0.6) is 17.2 Å². The standard InChI is InChI=1S/C32H42Cl2N2O7/c1-30(2,3)43-29(39)31(4,5)41-27-16-26(23(15-24(27)34)28(38)35(6)7)40-19-22(37)18-36-12-10-32(11-13-36)17-20-14-21(33)8-9-25(20)42-32/h8-9,14-16,22,37H,10-13,17-19H2,1-7H3. The first-order chi connectivity index (χ1) is 20.0. The number of hydrogen-bond donors (Lipinski definition) is 1. The summed E-state index contributed by atoms with van der Waals surface area (Å²) in [6.07, 6.45) is 1.67. The van der Waals surface area contributed by atoms with Gasteiger partial charge in [-0.25, -0.2) is 4.79 Å². The van der Waals surface area contributed by atoms with Gasteiger partial charge in [0.15, 0.2) is 5.60 Å². The van der Waals surface area contributed by atoms with Gasteiger partial charge >= 0.3 is 5.97 Å². The third-order valence-electron chi connectivity index (χ3n) is 7.46. The Labute approximate surface area is 263 Å². The molecule has 2 aliphatic rings. The fourth-order valence-electron chi connectivity index (χ4n) is 5.22. The molecule has 1 N–H and O–H groups in total. The molecule has 0 aromatic heterocycles. The van der Waals surface area contributed by atoms with Crippen LogP contribution in [0.4, 0.5) is 0 Å². The number of amides is 1. The van der Waals surface area contributed by atoms with Gasteiger partial charge in [0.05, 0.1) is 10.6 Å². The molecule has 9 nitrogen and oxygen atoms in total. The molecule has 1 amide bonds. The number of nitrogens with zero attached hydrogens (tertiary/aromatic N) is 2. The highest BCUT2D eigenvalue weighted by atomic mass is 35.5. The summed E-state index contributed by atoms with van der Waals surface area (Å²) in [5.74, 6) is 0.337. The van der Waals surface area contributed by atoms with E-state index in [1.165, 1.54) is 17.0 Å². The Morgan fingerprint density at radius 2 is 1.74 bits per heavy atom. The number of β-amino-alcohol motifs (C(OH)–C–C–N with tert-alkyl or cyclic N) is 1.